The van der Waals surface area contributed by atoms with Crippen LogP contribution in [0.1, 0.15) is 77.5 Å². The number of benzene rings is 2. The first-order chi connectivity index (χ1) is 16.6. The number of likely N-dealkylation sites (tertiary alicyclic amines) is 1. The van der Waals surface area contributed by atoms with Crippen LogP contribution in [0.25, 0.3) is 0 Å². The normalized spacial score (nSPS) is 24.5. The molecule has 182 valence electrons. The summed E-state index contributed by atoms with van der Waals surface area (Å²) in [7, 11) is 0. The molecule has 2 aliphatic heterocycles. The summed E-state index contributed by atoms with van der Waals surface area (Å²) in [4.78, 5) is 54.6. The summed E-state index contributed by atoms with van der Waals surface area (Å²) in [5.41, 5.74) is 1.96. The lowest BCUT2D eigenvalue weighted by atomic mass is 9.65. The van der Waals surface area contributed by atoms with Crippen LogP contribution in [0.5, 0.6) is 0 Å². The van der Waals surface area contributed by atoms with Crippen LogP contribution in [-0.2, 0) is 4.79 Å². The second-order valence-electron chi connectivity index (χ2n) is 11.3. The van der Waals surface area contributed by atoms with E-state index >= 15 is 0 Å². The standard InChI is InChI=1S/C28H31N3O4/c1-27(2)14-18-15-28(3,16-27)17-31(18)26(35)21-10-6-7-11-22(21)29-23(32)12-13-30-24(33)19-8-4-5-9-20(19)25(30)34/h4-11,18H,12-17H2,1-3H3,(H,29,32)/t18-,28+/m1/s1. The lowest BCUT2D eigenvalue weighted by molar-refractivity contribution is -0.116. The second-order valence-corrected chi connectivity index (χ2v) is 11.3. The third-order valence-corrected chi connectivity index (χ3v) is 7.55. The van der Waals surface area contributed by atoms with Crippen molar-refractivity contribution >= 4 is 29.3 Å². The smallest absolute Gasteiger partial charge is 0.261 e. The van der Waals surface area contributed by atoms with Crippen LogP contribution in [0.15, 0.2) is 48.5 Å². The van der Waals surface area contributed by atoms with Gasteiger partial charge in [0.15, 0.2) is 0 Å². The summed E-state index contributed by atoms with van der Waals surface area (Å²) in [6, 6.07) is 13.9. The number of para-hydroxylation sites is 1. The van der Waals surface area contributed by atoms with Crippen molar-refractivity contribution < 1.29 is 19.2 Å². The minimum atomic E-state index is -0.384. The number of nitrogens with zero attached hydrogens (tertiary/aromatic N) is 2. The first-order valence-electron chi connectivity index (χ1n) is 12.2. The zero-order chi connectivity index (χ0) is 25.0. The molecule has 2 aromatic carbocycles. The molecule has 0 spiro atoms. The second kappa shape index (κ2) is 8.33. The highest BCUT2D eigenvalue weighted by Gasteiger charge is 2.51. The molecule has 3 aliphatic rings. The molecule has 4 amide bonds. The summed E-state index contributed by atoms with van der Waals surface area (Å²) in [6.45, 7) is 7.51. The minimum Gasteiger partial charge on any atom is -0.335 e. The summed E-state index contributed by atoms with van der Waals surface area (Å²) >= 11 is 0. The van der Waals surface area contributed by atoms with Crippen LogP contribution >= 0.6 is 0 Å². The highest BCUT2D eigenvalue weighted by molar-refractivity contribution is 6.21. The summed E-state index contributed by atoms with van der Waals surface area (Å²) < 4.78 is 0. The molecule has 35 heavy (non-hydrogen) atoms. The number of nitrogens with one attached hydrogen (secondary N) is 1. The van der Waals surface area contributed by atoms with Crippen molar-refractivity contribution in [2.45, 2.75) is 52.5 Å². The van der Waals surface area contributed by atoms with Gasteiger partial charge < -0.3 is 10.2 Å². The van der Waals surface area contributed by atoms with Crippen LogP contribution < -0.4 is 5.32 Å². The van der Waals surface area contributed by atoms with Gasteiger partial charge in [-0.05, 0) is 54.4 Å². The molecule has 2 fully saturated rings. The average Bonchev–Trinajstić information content (AvgIpc) is 3.20. The first kappa shape index (κ1) is 23.3. The third kappa shape index (κ3) is 4.24. The van der Waals surface area contributed by atoms with Gasteiger partial charge in [-0.2, -0.15) is 0 Å². The predicted molar refractivity (Wildman–Crippen MR) is 132 cm³/mol. The van der Waals surface area contributed by atoms with Crippen molar-refractivity contribution in [3.8, 4) is 0 Å². The third-order valence-electron chi connectivity index (χ3n) is 7.55. The number of imide groups is 1. The molecule has 0 aromatic heterocycles. The fraction of sp³-hybridized carbons (Fsp3) is 0.429. The van der Waals surface area contributed by atoms with Crippen molar-refractivity contribution in [2.75, 3.05) is 18.4 Å². The maximum Gasteiger partial charge on any atom is 0.261 e. The van der Waals surface area contributed by atoms with Crippen molar-refractivity contribution in [2.24, 2.45) is 10.8 Å². The molecule has 2 heterocycles. The van der Waals surface area contributed by atoms with Gasteiger partial charge in [0, 0.05) is 25.6 Å². The van der Waals surface area contributed by atoms with Gasteiger partial charge in [-0.3, -0.25) is 24.1 Å². The summed E-state index contributed by atoms with van der Waals surface area (Å²) in [5, 5.41) is 2.84. The highest BCUT2D eigenvalue weighted by Crippen LogP contribution is 2.52. The first-order valence-corrected chi connectivity index (χ1v) is 12.2. The molecule has 0 radical (unpaired) electrons. The lowest BCUT2D eigenvalue weighted by Crippen LogP contribution is -2.38. The van der Waals surface area contributed by atoms with E-state index < -0.39 is 0 Å². The number of carbonyl (C=O) groups is 4. The van der Waals surface area contributed by atoms with E-state index in [1.807, 2.05) is 4.90 Å². The van der Waals surface area contributed by atoms with E-state index in [9.17, 15) is 19.2 Å². The molecular weight excluding hydrogens is 442 g/mol. The van der Waals surface area contributed by atoms with E-state index in [4.69, 9.17) is 0 Å². The van der Waals surface area contributed by atoms with E-state index in [1.165, 1.54) is 0 Å². The predicted octanol–water partition coefficient (Wildman–Crippen LogP) is 4.35. The van der Waals surface area contributed by atoms with Crippen molar-refractivity contribution in [3.63, 3.8) is 0 Å². The Kier molecular flexibility index (Phi) is 5.54. The number of fused-ring (bicyclic) bond motifs is 3. The molecule has 2 atom stereocenters. The fourth-order valence-corrected chi connectivity index (χ4v) is 6.50. The molecule has 5 rings (SSSR count). The Morgan fingerprint density at radius 1 is 0.943 bits per heavy atom. The SMILES string of the molecule is CC1(C)C[C@@H]2C[C@](C)(CN2C(=O)c2ccccc2NC(=O)CCN2C(=O)c3ccccc3C2=O)C1. The summed E-state index contributed by atoms with van der Waals surface area (Å²) in [5.74, 6) is -1.18. The Morgan fingerprint density at radius 3 is 2.26 bits per heavy atom. The zero-order valence-electron chi connectivity index (χ0n) is 20.5. The van der Waals surface area contributed by atoms with Gasteiger partial charge in [-0.1, -0.05) is 45.0 Å². The Labute approximate surface area is 205 Å². The Bertz CT molecular complexity index is 1200. The van der Waals surface area contributed by atoms with Crippen LogP contribution in [0.2, 0.25) is 0 Å². The summed E-state index contributed by atoms with van der Waals surface area (Å²) in [6.07, 6.45) is 3.03. The van der Waals surface area contributed by atoms with Crippen LogP contribution in [-0.4, -0.2) is 52.6 Å². The van der Waals surface area contributed by atoms with Gasteiger partial charge in [-0.25, -0.2) is 0 Å². The Balaban J connectivity index is 1.26. The molecule has 7 heteroatoms. The van der Waals surface area contributed by atoms with Crippen LogP contribution in [0.4, 0.5) is 5.69 Å². The van der Waals surface area contributed by atoms with Gasteiger partial charge in [-0.15, -0.1) is 0 Å². The quantitative estimate of drug-likeness (QED) is 0.654. The van der Waals surface area contributed by atoms with Gasteiger partial charge >= 0.3 is 0 Å². The number of carbonyl (C=O) groups excluding carboxylic acids is 4. The van der Waals surface area contributed by atoms with Gasteiger partial charge in [0.1, 0.15) is 0 Å². The molecule has 2 bridgehead atoms. The molecule has 1 N–H and O–H groups in total. The van der Waals surface area contributed by atoms with E-state index in [1.54, 1.807) is 48.5 Å². The zero-order valence-corrected chi connectivity index (χ0v) is 20.5. The maximum atomic E-state index is 13.6. The van der Waals surface area contributed by atoms with Crippen LogP contribution in [0, 0.1) is 10.8 Å². The number of amides is 4. The molecule has 7 nitrogen and oxygen atoms in total. The van der Waals surface area contributed by atoms with Crippen molar-refractivity contribution in [3.05, 3.63) is 65.2 Å². The van der Waals surface area contributed by atoms with Gasteiger partial charge in [0.05, 0.1) is 22.4 Å². The average molecular weight is 474 g/mol. The lowest BCUT2D eigenvalue weighted by Gasteiger charge is -2.39. The molecular formula is C28H31N3O4. The number of hydrogen-bond donors (Lipinski definition) is 1. The topological polar surface area (TPSA) is 86.8 Å². The Hall–Kier alpha value is -3.48. The van der Waals surface area contributed by atoms with E-state index in [0.29, 0.717) is 22.4 Å². The number of anilines is 1. The largest absolute Gasteiger partial charge is 0.335 e. The van der Waals surface area contributed by atoms with E-state index in [-0.39, 0.29) is 53.5 Å². The molecule has 1 saturated heterocycles. The number of hydrogen-bond acceptors (Lipinski definition) is 4. The maximum absolute atomic E-state index is 13.6. The van der Waals surface area contributed by atoms with E-state index in [2.05, 4.69) is 26.1 Å². The molecule has 2 aromatic rings. The monoisotopic (exact) mass is 473 g/mol. The molecule has 1 saturated carbocycles. The fourth-order valence-electron chi connectivity index (χ4n) is 6.50. The number of rotatable bonds is 5. The van der Waals surface area contributed by atoms with Gasteiger partial charge in [0.2, 0.25) is 5.91 Å². The van der Waals surface area contributed by atoms with Crippen molar-refractivity contribution in [1.82, 2.24) is 9.80 Å². The highest BCUT2D eigenvalue weighted by atomic mass is 16.2. The van der Waals surface area contributed by atoms with Crippen molar-refractivity contribution in [1.29, 1.82) is 0 Å². The Morgan fingerprint density at radius 2 is 1.57 bits per heavy atom. The van der Waals surface area contributed by atoms with Gasteiger partial charge in [0.25, 0.3) is 17.7 Å². The molecule has 0 unspecified atom stereocenters. The van der Waals surface area contributed by atoms with Crippen LogP contribution in [0.3, 0.4) is 0 Å². The minimum absolute atomic E-state index is 0.0179. The molecule has 1 aliphatic carbocycles. The van der Waals surface area contributed by atoms with E-state index in [0.717, 1.165) is 30.7 Å².